The largest absolute Gasteiger partial charge is 0.416 e. The van der Waals surface area contributed by atoms with Gasteiger partial charge in [-0.3, -0.25) is 14.9 Å². The minimum absolute atomic E-state index is 0.0343. The van der Waals surface area contributed by atoms with Crippen LogP contribution in [0.25, 0.3) is 0 Å². The number of tetrazole rings is 1. The van der Waals surface area contributed by atoms with Crippen LogP contribution in [0.1, 0.15) is 5.56 Å². The zero-order valence-electron chi connectivity index (χ0n) is 13.8. The van der Waals surface area contributed by atoms with E-state index in [0.717, 1.165) is 12.1 Å². The summed E-state index contributed by atoms with van der Waals surface area (Å²) in [7, 11) is 0. The summed E-state index contributed by atoms with van der Waals surface area (Å²) in [5, 5.41) is 21.7. The van der Waals surface area contributed by atoms with Crippen LogP contribution in [-0.4, -0.2) is 62.1 Å². The maximum Gasteiger partial charge on any atom is 0.416 e. The Kier molecular flexibility index (Phi) is 4.92. The topological polar surface area (TPSA) is 110 Å². The van der Waals surface area contributed by atoms with Gasteiger partial charge >= 0.3 is 6.18 Å². The minimum atomic E-state index is -4.66. The molecule has 27 heavy (non-hydrogen) atoms. The van der Waals surface area contributed by atoms with Crippen LogP contribution in [0.15, 0.2) is 24.5 Å². The SMILES string of the molecule is O=C(Cn1cnnn1)N1CCN(c2ccc(C(F)(F)F)cc2[N+](=O)[O-])CC1. The molecule has 2 heterocycles. The van der Waals surface area contributed by atoms with Crippen LogP contribution < -0.4 is 4.90 Å². The third kappa shape index (κ3) is 4.12. The van der Waals surface area contributed by atoms with Gasteiger partial charge in [-0.25, -0.2) is 4.68 Å². The lowest BCUT2D eigenvalue weighted by Crippen LogP contribution is -2.49. The first-order chi connectivity index (χ1) is 12.8. The molecule has 0 radical (unpaired) electrons. The average molecular weight is 385 g/mol. The smallest absolute Gasteiger partial charge is 0.362 e. The molecule has 144 valence electrons. The zero-order chi connectivity index (χ0) is 19.6. The van der Waals surface area contributed by atoms with Crippen molar-refractivity contribution < 1.29 is 22.9 Å². The normalized spacial score (nSPS) is 15.1. The number of amides is 1. The molecule has 1 saturated heterocycles. The first-order valence-corrected chi connectivity index (χ1v) is 7.85. The highest BCUT2D eigenvalue weighted by molar-refractivity contribution is 5.76. The van der Waals surface area contributed by atoms with E-state index in [-0.39, 0.29) is 44.3 Å². The van der Waals surface area contributed by atoms with Gasteiger partial charge in [0.25, 0.3) is 5.69 Å². The van der Waals surface area contributed by atoms with Gasteiger partial charge in [0, 0.05) is 32.2 Å². The van der Waals surface area contributed by atoms with Gasteiger partial charge in [-0.2, -0.15) is 13.2 Å². The minimum Gasteiger partial charge on any atom is -0.362 e. The van der Waals surface area contributed by atoms with Crippen molar-refractivity contribution in [2.75, 3.05) is 31.1 Å². The number of benzene rings is 1. The Morgan fingerprint density at radius 2 is 1.93 bits per heavy atom. The first kappa shape index (κ1) is 18.5. The number of nitro groups is 1. The monoisotopic (exact) mass is 385 g/mol. The van der Waals surface area contributed by atoms with E-state index in [2.05, 4.69) is 15.5 Å². The highest BCUT2D eigenvalue weighted by Crippen LogP contribution is 2.36. The molecule has 2 aromatic rings. The van der Waals surface area contributed by atoms with Crippen molar-refractivity contribution in [2.24, 2.45) is 0 Å². The Morgan fingerprint density at radius 1 is 1.22 bits per heavy atom. The molecule has 1 amide bonds. The van der Waals surface area contributed by atoms with E-state index in [1.165, 1.54) is 11.0 Å². The highest BCUT2D eigenvalue weighted by atomic mass is 19.4. The van der Waals surface area contributed by atoms with Crippen molar-refractivity contribution in [3.8, 4) is 0 Å². The lowest BCUT2D eigenvalue weighted by atomic mass is 10.1. The van der Waals surface area contributed by atoms with Crippen molar-refractivity contribution in [3.63, 3.8) is 0 Å². The molecule has 0 aliphatic carbocycles. The van der Waals surface area contributed by atoms with Crippen molar-refractivity contribution in [1.29, 1.82) is 0 Å². The number of nitro benzene ring substituents is 1. The molecule has 10 nitrogen and oxygen atoms in total. The number of piperazine rings is 1. The van der Waals surface area contributed by atoms with E-state index < -0.39 is 22.4 Å². The predicted molar refractivity (Wildman–Crippen MR) is 84.7 cm³/mol. The second-order valence-corrected chi connectivity index (χ2v) is 5.83. The maximum atomic E-state index is 12.8. The Bertz CT molecular complexity index is 833. The van der Waals surface area contributed by atoms with Crippen LogP contribution in [0.3, 0.4) is 0 Å². The second kappa shape index (κ2) is 7.17. The number of halogens is 3. The molecular weight excluding hydrogens is 371 g/mol. The molecule has 1 aliphatic rings. The zero-order valence-corrected chi connectivity index (χ0v) is 13.8. The van der Waals surface area contributed by atoms with E-state index in [9.17, 15) is 28.1 Å². The maximum absolute atomic E-state index is 12.8. The van der Waals surface area contributed by atoms with Crippen LogP contribution >= 0.6 is 0 Å². The predicted octanol–water partition coefficient (Wildman–Crippen LogP) is 0.949. The lowest BCUT2D eigenvalue weighted by Gasteiger charge is -2.35. The second-order valence-electron chi connectivity index (χ2n) is 5.83. The Labute approximate surface area is 150 Å². The van der Waals surface area contributed by atoms with Gasteiger partial charge in [0.15, 0.2) is 0 Å². The number of aromatic nitrogens is 4. The van der Waals surface area contributed by atoms with Gasteiger partial charge in [0.05, 0.1) is 10.5 Å². The Morgan fingerprint density at radius 3 is 2.48 bits per heavy atom. The Balaban J connectivity index is 1.70. The molecule has 1 fully saturated rings. The molecule has 3 rings (SSSR count). The summed E-state index contributed by atoms with van der Waals surface area (Å²) in [5.74, 6) is -0.219. The van der Waals surface area contributed by atoms with Gasteiger partial charge in [0.2, 0.25) is 5.91 Å². The van der Waals surface area contributed by atoms with Crippen molar-refractivity contribution in [1.82, 2.24) is 25.1 Å². The summed E-state index contributed by atoms with van der Waals surface area (Å²) in [6.07, 6.45) is -3.36. The van der Waals surface area contributed by atoms with E-state index in [1.807, 2.05) is 0 Å². The summed E-state index contributed by atoms with van der Waals surface area (Å²) in [6.45, 7) is 1.03. The highest BCUT2D eigenvalue weighted by Gasteiger charge is 2.34. The number of rotatable bonds is 4. The third-order valence-corrected chi connectivity index (χ3v) is 4.16. The van der Waals surface area contributed by atoms with Gasteiger partial charge in [0.1, 0.15) is 18.6 Å². The van der Waals surface area contributed by atoms with Crippen LogP contribution in [0.5, 0.6) is 0 Å². The molecule has 1 aromatic heterocycles. The van der Waals surface area contributed by atoms with Crippen LogP contribution in [0, 0.1) is 10.1 Å². The average Bonchev–Trinajstić information content (AvgIpc) is 3.13. The third-order valence-electron chi connectivity index (χ3n) is 4.16. The summed E-state index contributed by atoms with van der Waals surface area (Å²) >= 11 is 0. The lowest BCUT2D eigenvalue weighted by molar-refractivity contribution is -0.384. The fourth-order valence-electron chi connectivity index (χ4n) is 2.80. The fourth-order valence-corrected chi connectivity index (χ4v) is 2.80. The van der Waals surface area contributed by atoms with Crippen molar-refractivity contribution in [3.05, 3.63) is 40.2 Å². The number of carbonyl (C=O) groups excluding carboxylic acids is 1. The van der Waals surface area contributed by atoms with Gasteiger partial charge in [-0.05, 0) is 22.6 Å². The van der Waals surface area contributed by atoms with E-state index in [4.69, 9.17) is 0 Å². The standard InChI is InChI=1S/C14H14F3N7O3/c15-14(16,17)10-1-2-11(12(7-10)24(26)27)21-3-5-22(6-4-21)13(25)8-23-9-18-19-20-23/h1-2,7,9H,3-6,8H2. The fraction of sp³-hybridized carbons (Fsp3) is 0.429. The van der Waals surface area contributed by atoms with Crippen LogP contribution in [-0.2, 0) is 17.5 Å². The molecule has 0 N–H and O–H groups in total. The Hall–Kier alpha value is -3.25. The van der Waals surface area contributed by atoms with E-state index in [1.54, 1.807) is 9.80 Å². The molecule has 0 saturated carbocycles. The summed E-state index contributed by atoms with van der Waals surface area (Å²) in [4.78, 5) is 25.7. The molecule has 1 aromatic carbocycles. The van der Waals surface area contributed by atoms with E-state index in [0.29, 0.717) is 6.07 Å². The number of carbonyl (C=O) groups is 1. The first-order valence-electron chi connectivity index (χ1n) is 7.85. The van der Waals surface area contributed by atoms with Crippen LogP contribution in [0.4, 0.5) is 24.5 Å². The molecule has 13 heteroatoms. The van der Waals surface area contributed by atoms with Crippen molar-refractivity contribution >= 4 is 17.3 Å². The molecule has 0 spiro atoms. The number of nitrogens with zero attached hydrogens (tertiary/aromatic N) is 7. The summed E-state index contributed by atoms with van der Waals surface area (Å²) < 4.78 is 39.7. The van der Waals surface area contributed by atoms with Gasteiger partial charge < -0.3 is 9.80 Å². The van der Waals surface area contributed by atoms with Gasteiger partial charge in [-0.15, -0.1) is 5.10 Å². The molecule has 0 atom stereocenters. The van der Waals surface area contributed by atoms with Gasteiger partial charge in [-0.1, -0.05) is 0 Å². The summed E-state index contributed by atoms with van der Waals surface area (Å²) in [5.41, 5.74) is -1.59. The number of anilines is 1. The molecule has 0 bridgehead atoms. The molecule has 0 unspecified atom stereocenters. The number of hydrogen-bond donors (Lipinski definition) is 0. The number of alkyl halides is 3. The molecular formula is C14H14F3N7O3. The quantitative estimate of drug-likeness (QED) is 0.569. The molecule has 1 aliphatic heterocycles. The summed E-state index contributed by atoms with van der Waals surface area (Å²) in [6, 6.07) is 2.45. The van der Waals surface area contributed by atoms with Crippen molar-refractivity contribution in [2.45, 2.75) is 12.7 Å². The van der Waals surface area contributed by atoms with Crippen LogP contribution in [0.2, 0.25) is 0 Å². The number of hydrogen-bond acceptors (Lipinski definition) is 7. The van der Waals surface area contributed by atoms with E-state index >= 15 is 0 Å².